The third kappa shape index (κ3) is 5.97. The lowest BCUT2D eigenvalue weighted by atomic mass is 10.3. The van der Waals surface area contributed by atoms with E-state index in [1.165, 1.54) is 24.1 Å². The zero-order valence-corrected chi connectivity index (χ0v) is 18.9. The number of thiazole rings is 1. The Morgan fingerprint density at radius 2 is 2.00 bits per heavy atom. The Balaban J connectivity index is 1.83. The number of methoxy groups -OCH3 is 1. The van der Waals surface area contributed by atoms with Gasteiger partial charge in [-0.2, -0.15) is 4.99 Å². The number of benzene rings is 1. The van der Waals surface area contributed by atoms with Gasteiger partial charge in [-0.1, -0.05) is 11.3 Å². The Labute approximate surface area is 187 Å². The van der Waals surface area contributed by atoms with E-state index >= 15 is 0 Å². The summed E-state index contributed by atoms with van der Waals surface area (Å²) in [4.78, 5) is 40.7. The number of morpholine rings is 1. The number of carbonyl (C=O) groups excluding carboxylic acids is 2. The zero-order valence-electron chi connectivity index (χ0n) is 17.3. The van der Waals surface area contributed by atoms with E-state index in [9.17, 15) is 28.1 Å². The number of fused-ring (bicyclic) bond motifs is 1. The molecule has 0 atom stereocenters. The lowest BCUT2D eigenvalue weighted by molar-refractivity contribution is -0.384. The van der Waals surface area contributed by atoms with E-state index in [0.29, 0.717) is 43.1 Å². The number of nitro benzene ring substituents is 1. The summed E-state index contributed by atoms with van der Waals surface area (Å²) in [5, 5.41) is 11.0. The Morgan fingerprint density at radius 1 is 1.28 bits per heavy atom. The first kappa shape index (κ1) is 24.0. The summed E-state index contributed by atoms with van der Waals surface area (Å²) in [5.74, 6) is -3.20. The van der Waals surface area contributed by atoms with Gasteiger partial charge >= 0.3 is 0 Å². The molecule has 1 aromatic heterocycles. The van der Waals surface area contributed by atoms with E-state index in [4.69, 9.17) is 9.47 Å². The van der Waals surface area contributed by atoms with Gasteiger partial charge in [-0.3, -0.25) is 19.7 Å². The van der Waals surface area contributed by atoms with Crippen LogP contribution in [0.1, 0.15) is 0 Å². The summed E-state index contributed by atoms with van der Waals surface area (Å²) in [7, 11) is -2.52. The van der Waals surface area contributed by atoms with Crippen LogP contribution in [0.2, 0.25) is 0 Å². The molecule has 12 nitrogen and oxygen atoms in total. The number of carbonyl (C=O) groups is 2. The molecule has 0 radical (unpaired) electrons. The third-order valence-electron chi connectivity index (χ3n) is 4.67. The van der Waals surface area contributed by atoms with Crippen molar-refractivity contribution in [2.24, 2.45) is 4.99 Å². The summed E-state index contributed by atoms with van der Waals surface area (Å²) in [6.07, 6.45) is 0. The van der Waals surface area contributed by atoms with E-state index in [-0.39, 0.29) is 17.1 Å². The first-order valence-corrected chi connectivity index (χ1v) is 12.2. The number of sulfone groups is 1. The number of ether oxygens (including phenoxy) is 2. The number of nitrogens with zero attached hydrogens (tertiary/aromatic N) is 4. The number of hydrogen-bond acceptors (Lipinski definition) is 9. The molecule has 14 heteroatoms. The molecule has 174 valence electrons. The quantitative estimate of drug-likeness (QED) is 0.372. The van der Waals surface area contributed by atoms with Crippen LogP contribution in [0.15, 0.2) is 23.2 Å². The lowest BCUT2D eigenvalue weighted by Crippen LogP contribution is -2.43. The molecule has 2 heterocycles. The molecular formula is C18H22N4O8S2. The van der Waals surface area contributed by atoms with E-state index < -0.39 is 38.1 Å². The fourth-order valence-electron chi connectivity index (χ4n) is 3.13. The predicted octanol–water partition coefficient (Wildman–Crippen LogP) is -0.0417. The number of amides is 2. The van der Waals surface area contributed by atoms with Gasteiger partial charge in [0.05, 0.1) is 35.0 Å². The number of nitro groups is 1. The summed E-state index contributed by atoms with van der Waals surface area (Å²) in [6, 6.07) is 4.25. The number of aromatic nitrogens is 1. The first-order valence-electron chi connectivity index (χ1n) is 9.60. The van der Waals surface area contributed by atoms with Gasteiger partial charge in [0.15, 0.2) is 14.6 Å². The number of rotatable bonds is 8. The molecule has 0 unspecified atom stereocenters. The van der Waals surface area contributed by atoms with Crippen LogP contribution in [0.4, 0.5) is 5.69 Å². The van der Waals surface area contributed by atoms with Crippen LogP contribution >= 0.6 is 11.3 Å². The predicted molar refractivity (Wildman–Crippen MR) is 115 cm³/mol. The van der Waals surface area contributed by atoms with Gasteiger partial charge in [0.25, 0.3) is 11.6 Å². The minimum atomic E-state index is -4.02. The van der Waals surface area contributed by atoms with E-state index in [1.807, 2.05) is 0 Å². The van der Waals surface area contributed by atoms with Crippen molar-refractivity contribution in [3.8, 4) is 0 Å². The summed E-state index contributed by atoms with van der Waals surface area (Å²) in [6.45, 7) is 1.89. The molecule has 32 heavy (non-hydrogen) atoms. The van der Waals surface area contributed by atoms with Crippen LogP contribution in [0.3, 0.4) is 0 Å². The summed E-state index contributed by atoms with van der Waals surface area (Å²) < 4.78 is 37.1. The molecule has 1 fully saturated rings. The molecule has 0 N–H and O–H groups in total. The van der Waals surface area contributed by atoms with Gasteiger partial charge in [0.1, 0.15) is 11.5 Å². The maximum atomic E-state index is 12.4. The van der Waals surface area contributed by atoms with Crippen molar-refractivity contribution in [1.82, 2.24) is 9.47 Å². The van der Waals surface area contributed by atoms with E-state index in [0.717, 1.165) is 11.3 Å². The summed E-state index contributed by atoms with van der Waals surface area (Å²) >= 11 is 1.03. The van der Waals surface area contributed by atoms with E-state index in [1.54, 1.807) is 10.6 Å². The van der Waals surface area contributed by atoms with Crippen molar-refractivity contribution in [1.29, 1.82) is 0 Å². The average molecular weight is 487 g/mol. The van der Waals surface area contributed by atoms with Gasteiger partial charge in [-0.15, -0.1) is 0 Å². The maximum Gasteiger partial charge on any atom is 0.270 e. The van der Waals surface area contributed by atoms with Crippen LogP contribution in [-0.2, 0) is 35.4 Å². The standard InChI is InChI=1S/C18H22N4O8S2/c1-29-7-6-21-14-3-2-13(22(25)26)10-15(14)31-18(21)19-16(23)11-32(27,28)12-17(24)20-4-8-30-9-5-20/h2-3,10H,4-9,11-12H2,1H3. The number of hydrogen-bond donors (Lipinski definition) is 0. The van der Waals surface area contributed by atoms with Crippen LogP contribution in [0.5, 0.6) is 0 Å². The lowest BCUT2D eigenvalue weighted by Gasteiger charge is -2.26. The Morgan fingerprint density at radius 3 is 2.66 bits per heavy atom. The van der Waals surface area contributed by atoms with E-state index in [2.05, 4.69) is 4.99 Å². The molecule has 2 amide bonds. The Hall–Kier alpha value is -2.68. The van der Waals surface area contributed by atoms with Crippen molar-refractivity contribution >= 4 is 48.9 Å². The van der Waals surface area contributed by atoms with Crippen molar-refractivity contribution in [3.63, 3.8) is 0 Å². The maximum absolute atomic E-state index is 12.4. The zero-order chi connectivity index (χ0) is 23.3. The SMILES string of the molecule is COCCn1c(=NC(=O)CS(=O)(=O)CC(=O)N2CCOCC2)sc2cc([N+](=O)[O-])ccc21. The first-order chi connectivity index (χ1) is 15.2. The molecular weight excluding hydrogens is 464 g/mol. The highest BCUT2D eigenvalue weighted by Crippen LogP contribution is 2.23. The van der Waals surface area contributed by atoms with Gasteiger partial charge in [0, 0.05) is 38.9 Å². The van der Waals surface area contributed by atoms with Crippen molar-refractivity contribution < 1.29 is 32.4 Å². The highest BCUT2D eigenvalue weighted by Gasteiger charge is 2.25. The summed E-state index contributed by atoms with van der Waals surface area (Å²) in [5.41, 5.74) is 0.495. The highest BCUT2D eigenvalue weighted by molar-refractivity contribution is 7.92. The monoisotopic (exact) mass is 486 g/mol. The molecule has 0 bridgehead atoms. The van der Waals surface area contributed by atoms with Gasteiger partial charge in [-0.25, -0.2) is 8.42 Å². The fraction of sp³-hybridized carbons (Fsp3) is 0.500. The van der Waals surface area contributed by atoms with Gasteiger partial charge in [-0.05, 0) is 6.07 Å². The molecule has 2 aromatic rings. The van der Waals surface area contributed by atoms with Gasteiger partial charge < -0.3 is 18.9 Å². The van der Waals surface area contributed by atoms with Crippen LogP contribution in [0.25, 0.3) is 10.2 Å². The Bertz CT molecular complexity index is 1200. The smallest absolute Gasteiger partial charge is 0.270 e. The molecule has 3 rings (SSSR count). The largest absolute Gasteiger partial charge is 0.383 e. The molecule has 1 aliphatic heterocycles. The molecule has 1 aromatic carbocycles. The van der Waals surface area contributed by atoms with Crippen molar-refractivity contribution in [2.75, 3.05) is 51.5 Å². The van der Waals surface area contributed by atoms with Crippen LogP contribution in [0, 0.1) is 10.1 Å². The second-order valence-electron chi connectivity index (χ2n) is 6.97. The molecule has 0 spiro atoms. The van der Waals surface area contributed by atoms with Crippen LogP contribution in [-0.4, -0.2) is 86.1 Å². The molecule has 1 aliphatic rings. The minimum absolute atomic E-state index is 0.111. The Kier molecular flexibility index (Phi) is 7.71. The molecule has 0 aliphatic carbocycles. The van der Waals surface area contributed by atoms with Crippen molar-refractivity contribution in [2.45, 2.75) is 6.54 Å². The van der Waals surface area contributed by atoms with Gasteiger partial charge in [0.2, 0.25) is 5.91 Å². The van der Waals surface area contributed by atoms with Crippen LogP contribution < -0.4 is 4.80 Å². The molecule has 1 saturated heterocycles. The van der Waals surface area contributed by atoms with Crippen molar-refractivity contribution in [3.05, 3.63) is 33.1 Å². The second-order valence-corrected chi connectivity index (χ2v) is 10.0. The fourth-order valence-corrected chi connectivity index (χ4v) is 5.34. The normalized spacial score (nSPS) is 15.3. The average Bonchev–Trinajstić information content (AvgIpc) is 3.07. The second kappa shape index (κ2) is 10.3. The third-order valence-corrected chi connectivity index (χ3v) is 7.08. The molecule has 0 saturated carbocycles. The highest BCUT2D eigenvalue weighted by atomic mass is 32.2. The minimum Gasteiger partial charge on any atom is -0.383 e. The number of non-ortho nitro benzene ring substituents is 1. The topological polar surface area (TPSA) is 150 Å².